The Hall–Kier alpha value is -0.700. The Kier molecular flexibility index (Phi) is 6.71. The highest BCUT2D eigenvalue weighted by molar-refractivity contribution is 9.09. The van der Waals surface area contributed by atoms with Crippen molar-refractivity contribution >= 4 is 15.9 Å². The predicted octanol–water partition coefficient (Wildman–Crippen LogP) is 5.33. The number of alkyl halides is 1. The number of benzene rings is 1. The molecule has 20 heavy (non-hydrogen) atoms. The highest BCUT2D eigenvalue weighted by atomic mass is 79.9. The second-order valence-corrected chi connectivity index (χ2v) is 6.36. The molecule has 0 fully saturated rings. The Morgan fingerprint density at radius 2 is 1.90 bits per heavy atom. The minimum Gasteiger partial charge on any atom is -0.454 e. The van der Waals surface area contributed by atoms with Crippen LogP contribution in [0, 0.1) is 5.92 Å². The molecule has 1 aromatic rings. The van der Waals surface area contributed by atoms with E-state index in [0.717, 1.165) is 29.2 Å². The van der Waals surface area contributed by atoms with E-state index in [1.165, 1.54) is 44.1 Å². The van der Waals surface area contributed by atoms with Crippen molar-refractivity contribution in [1.82, 2.24) is 0 Å². The second kappa shape index (κ2) is 8.56. The molecule has 0 N–H and O–H groups in total. The van der Waals surface area contributed by atoms with E-state index in [-0.39, 0.29) is 0 Å². The van der Waals surface area contributed by atoms with Crippen LogP contribution in [0.15, 0.2) is 18.2 Å². The summed E-state index contributed by atoms with van der Waals surface area (Å²) in [7, 11) is 0. The third-order valence-electron chi connectivity index (χ3n) is 4.00. The molecule has 0 radical (unpaired) electrons. The molecule has 0 amide bonds. The van der Waals surface area contributed by atoms with Gasteiger partial charge in [0.05, 0.1) is 0 Å². The van der Waals surface area contributed by atoms with Crippen LogP contribution in [0.2, 0.25) is 0 Å². The maximum absolute atomic E-state index is 5.43. The molecule has 2 rings (SSSR count). The number of aryl methyl sites for hydroxylation is 1. The van der Waals surface area contributed by atoms with Gasteiger partial charge >= 0.3 is 0 Å². The molecule has 1 aromatic carbocycles. The topological polar surface area (TPSA) is 18.5 Å². The summed E-state index contributed by atoms with van der Waals surface area (Å²) in [4.78, 5) is 0. The van der Waals surface area contributed by atoms with Crippen molar-refractivity contribution in [3.8, 4) is 11.5 Å². The highest BCUT2D eigenvalue weighted by Gasteiger charge is 2.13. The zero-order chi connectivity index (χ0) is 14.2. The molecule has 1 aliphatic heterocycles. The van der Waals surface area contributed by atoms with Crippen molar-refractivity contribution in [2.75, 3.05) is 12.1 Å². The van der Waals surface area contributed by atoms with Crippen LogP contribution in [0.4, 0.5) is 0 Å². The fourth-order valence-corrected chi connectivity index (χ4v) is 3.42. The van der Waals surface area contributed by atoms with E-state index in [9.17, 15) is 0 Å². The molecule has 1 atom stereocenters. The fourth-order valence-electron chi connectivity index (χ4n) is 2.77. The summed E-state index contributed by atoms with van der Waals surface area (Å²) in [5.41, 5.74) is 1.36. The number of halogens is 1. The molecule has 1 aliphatic rings. The van der Waals surface area contributed by atoms with Crippen LogP contribution in [-0.2, 0) is 6.42 Å². The van der Waals surface area contributed by atoms with E-state index >= 15 is 0 Å². The summed E-state index contributed by atoms with van der Waals surface area (Å²) >= 11 is 3.58. The van der Waals surface area contributed by atoms with Crippen molar-refractivity contribution in [2.24, 2.45) is 5.92 Å². The fraction of sp³-hybridized carbons (Fsp3) is 0.647. The van der Waals surface area contributed by atoms with Gasteiger partial charge in [-0.2, -0.15) is 0 Å². The molecule has 2 nitrogen and oxygen atoms in total. The number of unbranched alkanes of at least 4 members (excludes halogenated alkanes) is 1. The highest BCUT2D eigenvalue weighted by Crippen LogP contribution is 2.33. The van der Waals surface area contributed by atoms with Gasteiger partial charge in [-0.3, -0.25) is 0 Å². The van der Waals surface area contributed by atoms with E-state index in [2.05, 4.69) is 35.0 Å². The maximum Gasteiger partial charge on any atom is 0.231 e. The van der Waals surface area contributed by atoms with Crippen molar-refractivity contribution in [1.29, 1.82) is 0 Å². The van der Waals surface area contributed by atoms with Crippen molar-refractivity contribution in [2.45, 2.75) is 51.9 Å². The normalized spacial score (nSPS) is 14.5. The largest absolute Gasteiger partial charge is 0.454 e. The summed E-state index contributed by atoms with van der Waals surface area (Å²) < 4.78 is 10.8. The average molecular weight is 341 g/mol. The Morgan fingerprint density at radius 1 is 1.10 bits per heavy atom. The van der Waals surface area contributed by atoms with E-state index in [4.69, 9.17) is 9.47 Å². The molecule has 1 heterocycles. The van der Waals surface area contributed by atoms with Crippen LogP contribution in [0.25, 0.3) is 0 Å². The summed E-state index contributed by atoms with van der Waals surface area (Å²) in [6.07, 6.45) is 9.09. The van der Waals surface area contributed by atoms with Crippen LogP contribution in [0.1, 0.15) is 51.0 Å². The van der Waals surface area contributed by atoms with E-state index in [1.807, 2.05) is 6.07 Å². The van der Waals surface area contributed by atoms with Gasteiger partial charge < -0.3 is 9.47 Å². The van der Waals surface area contributed by atoms with Crippen LogP contribution in [0.5, 0.6) is 11.5 Å². The Balaban J connectivity index is 1.76. The minimum atomic E-state index is 0.364. The van der Waals surface area contributed by atoms with Crippen LogP contribution >= 0.6 is 15.9 Å². The number of hydrogen-bond acceptors (Lipinski definition) is 2. The molecule has 3 heteroatoms. The van der Waals surface area contributed by atoms with Gasteiger partial charge in [0.25, 0.3) is 0 Å². The summed E-state index contributed by atoms with van der Waals surface area (Å²) in [6, 6.07) is 6.33. The van der Waals surface area contributed by atoms with Gasteiger partial charge in [-0.15, -0.1) is 0 Å². The molecule has 0 aliphatic carbocycles. The van der Waals surface area contributed by atoms with Crippen LogP contribution in [0.3, 0.4) is 0 Å². The number of fused-ring (bicyclic) bond motifs is 1. The lowest BCUT2D eigenvalue weighted by atomic mass is 9.92. The van der Waals surface area contributed by atoms with E-state index in [1.54, 1.807) is 0 Å². The van der Waals surface area contributed by atoms with Gasteiger partial charge in [-0.05, 0) is 42.9 Å². The minimum absolute atomic E-state index is 0.364. The molecule has 0 aromatic heterocycles. The molecule has 0 saturated heterocycles. The molecular formula is C17H25BrO2. The smallest absolute Gasteiger partial charge is 0.231 e. The lowest BCUT2D eigenvalue weighted by molar-refractivity contribution is 0.174. The Bertz CT molecular complexity index is 406. The van der Waals surface area contributed by atoms with Gasteiger partial charge in [0.2, 0.25) is 6.79 Å². The molecule has 112 valence electrons. The van der Waals surface area contributed by atoms with E-state index < -0.39 is 0 Å². The standard InChI is InChI=1S/C17H25BrO2/c1-2-3-5-14(10-11-18)6-4-7-15-8-9-16-17(12-15)20-13-19-16/h8-9,12,14H,2-7,10-11,13H2,1H3. The summed E-state index contributed by atoms with van der Waals surface area (Å²) in [5, 5.41) is 1.13. The van der Waals surface area contributed by atoms with Gasteiger partial charge in [0, 0.05) is 5.33 Å². The first-order valence-corrected chi connectivity index (χ1v) is 8.90. The van der Waals surface area contributed by atoms with Crippen LogP contribution in [-0.4, -0.2) is 12.1 Å². The third-order valence-corrected chi connectivity index (χ3v) is 4.46. The van der Waals surface area contributed by atoms with Crippen molar-refractivity contribution < 1.29 is 9.47 Å². The van der Waals surface area contributed by atoms with Crippen LogP contribution < -0.4 is 9.47 Å². The summed E-state index contributed by atoms with van der Waals surface area (Å²) in [6.45, 7) is 2.64. The lowest BCUT2D eigenvalue weighted by Gasteiger charge is -2.15. The first-order valence-electron chi connectivity index (χ1n) is 7.78. The Labute approximate surface area is 131 Å². The first-order chi connectivity index (χ1) is 9.83. The predicted molar refractivity (Wildman–Crippen MR) is 86.9 cm³/mol. The maximum atomic E-state index is 5.43. The molecule has 0 saturated carbocycles. The van der Waals surface area contributed by atoms with Gasteiger partial charge in [0.1, 0.15) is 0 Å². The monoisotopic (exact) mass is 340 g/mol. The van der Waals surface area contributed by atoms with Gasteiger partial charge in [-0.25, -0.2) is 0 Å². The third kappa shape index (κ3) is 4.69. The zero-order valence-corrected chi connectivity index (χ0v) is 14.0. The zero-order valence-electron chi connectivity index (χ0n) is 12.4. The number of rotatable bonds is 9. The summed E-state index contributed by atoms with van der Waals surface area (Å²) in [5.74, 6) is 2.67. The number of hydrogen-bond donors (Lipinski definition) is 0. The molecule has 1 unspecified atom stereocenters. The average Bonchev–Trinajstić information content (AvgIpc) is 2.92. The second-order valence-electron chi connectivity index (χ2n) is 5.57. The quantitative estimate of drug-likeness (QED) is 0.565. The molecule has 0 bridgehead atoms. The molecular weight excluding hydrogens is 316 g/mol. The van der Waals surface area contributed by atoms with E-state index in [0.29, 0.717) is 6.79 Å². The van der Waals surface area contributed by atoms with Gasteiger partial charge in [-0.1, -0.05) is 54.6 Å². The van der Waals surface area contributed by atoms with Gasteiger partial charge in [0.15, 0.2) is 11.5 Å². The lowest BCUT2D eigenvalue weighted by Crippen LogP contribution is -2.02. The van der Waals surface area contributed by atoms with Crippen molar-refractivity contribution in [3.63, 3.8) is 0 Å². The Morgan fingerprint density at radius 3 is 2.70 bits per heavy atom. The number of ether oxygens (including phenoxy) is 2. The SMILES string of the molecule is CCCCC(CCBr)CCCc1ccc2c(c1)OCO2. The van der Waals surface area contributed by atoms with Crippen molar-refractivity contribution in [3.05, 3.63) is 23.8 Å². The first kappa shape index (κ1) is 15.7. The molecule has 0 spiro atoms.